The number of benzene rings is 3. The Hall–Kier alpha value is -3.61. The Morgan fingerprint density at radius 1 is 0.963 bits per heavy atom. The molecule has 0 heterocycles. The van der Waals surface area contributed by atoms with Crippen molar-refractivity contribution in [3.05, 3.63) is 88.5 Å². The second-order valence-electron chi connectivity index (χ2n) is 5.53. The van der Waals surface area contributed by atoms with Gasteiger partial charge in [-0.1, -0.05) is 42.5 Å². The second-order valence-corrected chi connectivity index (χ2v) is 5.53. The minimum Gasteiger partial charge on any atom is -0.434 e. The van der Waals surface area contributed by atoms with Crippen LogP contribution in [0.25, 0.3) is 11.1 Å². The van der Waals surface area contributed by atoms with Crippen LogP contribution in [0.4, 0.5) is 20.2 Å². The summed E-state index contributed by atoms with van der Waals surface area (Å²) in [5.74, 6) is -0.180. The molecule has 136 valence electrons. The summed E-state index contributed by atoms with van der Waals surface area (Å²) in [6, 6.07) is 20.4. The van der Waals surface area contributed by atoms with Gasteiger partial charge in [-0.05, 0) is 29.3 Å². The zero-order chi connectivity index (χ0) is 19.2. The molecule has 0 spiro atoms. The molecule has 3 rings (SSSR count). The first-order valence-corrected chi connectivity index (χ1v) is 7.96. The predicted molar refractivity (Wildman–Crippen MR) is 98.9 cm³/mol. The van der Waals surface area contributed by atoms with Crippen LogP contribution in [-0.4, -0.2) is 17.7 Å². The maximum atomic E-state index is 12.5. The third-order valence-corrected chi connectivity index (χ3v) is 3.75. The molecule has 3 aromatic rings. The molecule has 0 saturated heterocycles. The molecule has 0 aliphatic rings. The number of nitrogens with zero attached hydrogens (tertiary/aromatic N) is 2. The summed E-state index contributed by atoms with van der Waals surface area (Å²) in [7, 11) is 0. The summed E-state index contributed by atoms with van der Waals surface area (Å²) in [6.45, 7) is -3.04. The molecule has 5 nitrogen and oxygen atoms in total. The van der Waals surface area contributed by atoms with Gasteiger partial charge in [-0.15, -0.1) is 0 Å². The number of aliphatic imine (C=N–C) groups is 1. The molecule has 27 heavy (non-hydrogen) atoms. The lowest BCUT2D eigenvalue weighted by atomic mass is 10.1. The molecule has 0 aliphatic carbocycles. The normalized spacial score (nSPS) is 11.1. The first-order valence-electron chi connectivity index (χ1n) is 7.96. The van der Waals surface area contributed by atoms with E-state index in [0.29, 0.717) is 5.69 Å². The van der Waals surface area contributed by atoms with Crippen molar-refractivity contribution < 1.29 is 18.4 Å². The molecule has 0 radical (unpaired) electrons. The van der Waals surface area contributed by atoms with E-state index in [1.807, 2.05) is 42.5 Å². The monoisotopic (exact) mass is 368 g/mol. The van der Waals surface area contributed by atoms with E-state index < -0.39 is 11.5 Å². The summed E-state index contributed by atoms with van der Waals surface area (Å²) in [5, 5.41) is 10.9. The summed E-state index contributed by atoms with van der Waals surface area (Å²) >= 11 is 0. The van der Waals surface area contributed by atoms with Crippen LogP contribution in [-0.2, 0) is 0 Å². The molecule has 7 heteroatoms. The van der Waals surface area contributed by atoms with Gasteiger partial charge in [0.2, 0.25) is 0 Å². The van der Waals surface area contributed by atoms with Crippen LogP contribution < -0.4 is 4.74 Å². The van der Waals surface area contributed by atoms with Gasteiger partial charge in [0.25, 0.3) is 5.69 Å². The average Bonchev–Trinajstić information content (AvgIpc) is 2.67. The SMILES string of the molecule is O=[N+]([O-])c1ccc(OC(F)F)c(C=Nc2ccc(-c3ccccc3)cc2)c1. The van der Waals surface area contributed by atoms with Gasteiger partial charge in [0, 0.05) is 23.9 Å². The summed E-state index contributed by atoms with van der Waals surface area (Å²) in [6.07, 6.45) is 1.27. The number of nitro benzene ring substituents is 1. The van der Waals surface area contributed by atoms with Gasteiger partial charge in [-0.3, -0.25) is 15.1 Å². The number of hydrogen-bond acceptors (Lipinski definition) is 4. The summed E-state index contributed by atoms with van der Waals surface area (Å²) in [4.78, 5) is 14.5. The number of nitro groups is 1. The topological polar surface area (TPSA) is 64.7 Å². The molecular formula is C20H14F2N2O3. The van der Waals surface area contributed by atoms with Crippen molar-refractivity contribution in [2.75, 3.05) is 0 Å². The minimum atomic E-state index is -3.04. The number of non-ortho nitro benzene ring substituents is 1. The second kappa shape index (κ2) is 8.18. The standard InChI is InChI=1S/C20H14F2N2O3/c21-20(22)27-19-11-10-18(24(25)26)12-16(19)13-23-17-8-6-15(7-9-17)14-4-2-1-3-5-14/h1-13,20H. The van der Waals surface area contributed by atoms with Crippen LogP contribution in [0.3, 0.4) is 0 Å². The average molecular weight is 368 g/mol. The molecule has 0 unspecified atom stereocenters. The van der Waals surface area contributed by atoms with Gasteiger partial charge >= 0.3 is 6.61 Å². The van der Waals surface area contributed by atoms with Crippen molar-refractivity contribution >= 4 is 17.6 Å². The van der Waals surface area contributed by atoms with Gasteiger partial charge in [0.15, 0.2) is 0 Å². The van der Waals surface area contributed by atoms with E-state index in [1.165, 1.54) is 6.21 Å². The van der Waals surface area contributed by atoms with Gasteiger partial charge in [0.1, 0.15) is 5.75 Å². The van der Waals surface area contributed by atoms with Crippen LogP contribution in [0.2, 0.25) is 0 Å². The van der Waals surface area contributed by atoms with Crippen LogP contribution in [0.5, 0.6) is 5.75 Å². The fourth-order valence-corrected chi connectivity index (χ4v) is 2.47. The van der Waals surface area contributed by atoms with Gasteiger partial charge in [-0.2, -0.15) is 8.78 Å². The maximum Gasteiger partial charge on any atom is 0.387 e. The van der Waals surface area contributed by atoms with Crippen LogP contribution >= 0.6 is 0 Å². The van der Waals surface area contributed by atoms with E-state index in [9.17, 15) is 18.9 Å². The number of halogens is 2. The van der Waals surface area contributed by atoms with Gasteiger partial charge < -0.3 is 4.74 Å². The zero-order valence-corrected chi connectivity index (χ0v) is 14.0. The first-order chi connectivity index (χ1) is 13.0. The number of hydrogen-bond donors (Lipinski definition) is 0. The van der Waals surface area contributed by atoms with Crippen molar-refractivity contribution in [3.8, 4) is 16.9 Å². The Balaban J connectivity index is 1.86. The molecule has 0 atom stereocenters. The fraction of sp³-hybridized carbons (Fsp3) is 0.0500. The largest absolute Gasteiger partial charge is 0.434 e. The molecule has 0 aromatic heterocycles. The molecular weight excluding hydrogens is 354 g/mol. The lowest BCUT2D eigenvalue weighted by molar-refractivity contribution is -0.384. The fourth-order valence-electron chi connectivity index (χ4n) is 2.47. The Morgan fingerprint density at radius 3 is 2.26 bits per heavy atom. The zero-order valence-electron chi connectivity index (χ0n) is 14.0. The highest BCUT2D eigenvalue weighted by atomic mass is 19.3. The van der Waals surface area contributed by atoms with Gasteiger partial charge in [-0.25, -0.2) is 0 Å². The third kappa shape index (κ3) is 4.72. The lowest BCUT2D eigenvalue weighted by Gasteiger charge is -2.07. The smallest absolute Gasteiger partial charge is 0.387 e. The molecule has 0 bridgehead atoms. The van der Waals surface area contributed by atoms with E-state index in [2.05, 4.69) is 9.73 Å². The minimum absolute atomic E-state index is 0.0941. The predicted octanol–water partition coefficient (Wildman–Crippen LogP) is 5.61. The Bertz CT molecular complexity index is 959. The van der Waals surface area contributed by atoms with E-state index in [4.69, 9.17) is 0 Å². The Labute approximate surface area is 153 Å². The van der Waals surface area contributed by atoms with E-state index >= 15 is 0 Å². The number of rotatable bonds is 6. The van der Waals surface area contributed by atoms with Crippen molar-refractivity contribution in [2.24, 2.45) is 4.99 Å². The van der Waals surface area contributed by atoms with E-state index in [1.54, 1.807) is 12.1 Å². The van der Waals surface area contributed by atoms with E-state index in [0.717, 1.165) is 29.3 Å². The molecule has 0 amide bonds. The molecule has 0 aliphatic heterocycles. The van der Waals surface area contributed by atoms with Gasteiger partial charge in [0.05, 0.1) is 10.6 Å². The highest BCUT2D eigenvalue weighted by molar-refractivity contribution is 5.86. The van der Waals surface area contributed by atoms with Crippen LogP contribution in [0.1, 0.15) is 5.56 Å². The maximum absolute atomic E-state index is 12.5. The molecule has 3 aromatic carbocycles. The quantitative estimate of drug-likeness (QED) is 0.322. The Morgan fingerprint density at radius 2 is 1.63 bits per heavy atom. The van der Waals surface area contributed by atoms with Crippen molar-refractivity contribution in [2.45, 2.75) is 6.61 Å². The van der Waals surface area contributed by atoms with Crippen molar-refractivity contribution in [1.29, 1.82) is 0 Å². The molecule has 0 fully saturated rings. The Kier molecular flexibility index (Phi) is 5.51. The van der Waals surface area contributed by atoms with Crippen LogP contribution in [0.15, 0.2) is 77.8 Å². The highest BCUT2D eigenvalue weighted by Crippen LogP contribution is 2.26. The van der Waals surface area contributed by atoms with Crippen LogP contribution in [0, 0.1) is 10.1 Å². The van der Waals surface area contributed by atoms with Crippen molar-refractivity contribution in [1.82, 2.24) is 0 Å². The number of ether oxygens (including phenoxy) is 1. The summed E-state index contributed by atoms with van der Waals surface area (Å²) < 4.78 is 29.5. The molecule has 0 saturated carbocycles. The number of alkyl halides is 2. The van der Waals surface area contributed by atoms with E-state index in [-0.39, 0.29) is 17.0 Å². The molecule has 0 N–H and O–H groups in total. The van der Waals surface area contributed by atoms with Crippen molar-refractivity contribution in [3.63, 3.8) is 0 Å². The first kappa shape index (κ1) is 18.2. The lowest BCUT2D eigenvalue weighted by Crippen LogP contribution is -2.04. The highest BCUT2D eigenvalue weighted by Gasteiger charge is 2.13. The third-order valence-electron chi connectivity index (χ3n) is 3.75. The summed E-state index contributed by atoms with van der Waals surface area (Å²) in [5.41, 5.74) is 2.49.